The molecule has 2 N–H and O–H groups in total. The van der Waals surface area contributed by atoms with Crippen LogP contribution >= 0.6 is 0 Å². The fraction of sp³-hybridized carbons (Fsp3) is 0.381. The summed E-state index contributed by atoms with van der Waals surface area (Å²) >= 11 is 0. The number of aliphatic hydroxyl groups is 1. The highest BCUT2D eigenvalue weighted by molar-refractivity contribution is 5.85. The molecule has 52 heavy (non-hydrogen) atoms. The molecule has 3 aromatic carbocycles. The minimum atomic E-state index is -2.47. The highest BCUT2D eigenvalue weighted by atomic mass is 16.7. The number of ether oxygens (including phenoxy) is 4. The predicted molar refractivity (Wildman–Crippen MR) is 197 cm³/mol. The zero-order chi connectivity index (χ0) is 36.9. The number of hydrogen-bond acceptors (Lipinski definition) is 9. The lowest BCUT2D eigenvalue weighted by Crippen LogP contribution is -2.60. The van der Waals surface area contributed by atoms with Crippen molar-refractivity contribution in [1.29, 1.82) is 0 Å². The van der Waals surface area contributed by atoms with Gasteiger partial charge in [-0.15, -0.1) is 0 Å². The van der Waals surface area contributed by atoms with Gasteiger partial charge in [-0.05, 0) is 41.7 Å². The third-order valence-electron chi connectivity index (χ3n) is 8.61. The molecule has 10 heteroatoms. The van der Waals surface area contributed by atoms with E-state index in [1.54, 1.807) is 66.7 Å². The standard InChI is InChI=1S/C42H50N2O8/c1-2-3-4-5-6-7-8-18-26-36-27-19-28-37(43-36)42(39(46)49-30-33-20-12-9-13-21-33,52-41(48)51-32-35-24-16-11-17-25-35)38(29-45)44-40(47)50-31-34-22-14-10-15-23-34/h9-17,19-25,27-28,38,45H,2-8,18,26,29-32H2,1H3,(H,44,47). The van der Waals surface area contributed by atoms with Crippen molar-refractivity contribution in [2.75, 3.05) is 6.61 Å². The minimum Gasteiger partial charge on any atom is -0.457 e. The first-order valence-electron chi connectivity index (χ1n) is 18.1. The lowest BCUT2D eigenvalue weighted by atomic mass is 9.89. The summed E-state index contributed by atoms with van der Waals surface area (Å²) in [7, 11) is 0. The number of pyridine rings is 1. The normalized spacial score (nSPS) is 12.6. The number of benzene rings is 3. The third-order valence-corrected chi connectivity index (χ3v) is 8.61. The van der Waals surface area contributed by atoms with Gasteiger partial charge in [-0.25, -0.2) is 14.4 Å². The van der Waals surface area contributed by atoms with Crippen LogP contribution in [0.3, 0.4) is 0 Å². The van der Waals surface area contributed by atoms with E-state index in [9.17, 15) is 19.5 Å². The van der Waals surface area contributed by atoms with Crippen LogP contribution in [0.2, 0.25) is 0 Å². The second kappa shape index (κ2) is 21.9. The Hall–Kier alpha value is -5.22. The van der Waals surface area contributed by atoms with Crippen LogP contribution in [-0.2, 0) is 55.6 Å². The van der Waals surface area contributed by atoms with Crippen molar-refractivity contribution in [3.8, 4) is 0 Å². The summed E-state index contributed by atoms with van der Waals surface area (Å²) in [6.45, 7) is 0.933. The first-order valence-corrected chi connectivity index (χ1v) is 18.1. The monoisotopic (exact) mass is 710 g/mol. The molecule has 1 aromatic heterocycles. The molecule has 276 valence electrons. The summed E-state index contributed by atoms with van der Waals surface area (Å²) in [5.74, 6) is -1.06. The molecule has 4 aromatic rings. The van der Waals surface area contributed by atoms with Gasteiger partial charge in [0.1, 0.15) is 25.9 Å². The number of amides is 1. The number of hydrogen-bond donors (Lipinski definition) is 2. The van der Waals surface area contributed by atoms with Crippen molar-refractivity contribution in [1.82, 2.24) is 10.3 Å². The molecule has 0 saturated carbocycles. The minimum absolute atomic E-state index is 0.0401. The fourth-order valence-electron chi connectivity index (χ4n) is 5.75. The lowest BCUT2D eigenvalue weighted by molar-refractivity contribution is -0.177. The van der Waals surface area contributed by atoms with Crippen LogP contribution in [0, 0.1) is 0 Å². The van der Waals surface area contributed by atoms with Crippen LogP contribution in [0.4, 0.5) is 9.59 Å². The number of unbranched alkanes of at least 4 members (excludes halogenated alkanes) is 7. The summed E-state index contributed by atoms with van der Waals surface area (Å²) in [4.78, 5) is 46.0. The SMILES string of the molecule is CCCCCCCCCCc1cccc(C(OC(=O)OCc2ccccc2)(C(=O)OCc2ccccc2)C(CO)NC(=O)OCc2ccccc2)n1. The van der Waals surface area contributed by atoms with E-state index in [0.29, 0.717) is 23.2 Å². The van der Waals surface area contributed by atoms with E-state index >= 15 is 0 Å². The van der Waals surface area contributed by atoms with E-state index in [4.69, 9.17) is 23.9 Å². The van der Waals surface area contributed by atoms with Crippen LogP contribution in [0.15, 0.2) is 109 Å². The maximum Gasteiger partial charge on any atom is 0.510 e. The maximum atomic E-state index is 14.4. The van der Waals surface area contributed by atoms with E-state index in [-0.39, 0.29) is 25.5 Å². The van der Waals surface area contributed by atoms with E-state index in [1.807, 2.05) is 36.4 Å². The number of aliphatic hydroxyl groups excluding tert-OH is 1. The molecule has 0 fully saturated rings. The van der Waals surface area contributed by atoms with E-state index in [2.05, 4.69) is 12.2 Å². The molecule has 0 aliphatic heterocycles. The Morgan fingerprint density at radius 2 is 1.17 bits per heavy atom. The molecule has 0 aliphatic carbocycles. The van der Waals surface area contributed by atoms with Gasteiger partial charge in [0.15, 0.2) is 0 Å². The smallest absolute Gasteiger partial charge is 0.457 e. The molecule has 1 heterocycles. The number of esters is 1. The van der Waals surface area contributed by atoms with E-state index < -0.39 is 36.5 Å². The first-order chi connectivity index (χ1) is 25.4. The van der Waals surface area contributed by atoms with Crippen LogP contribution < -0.4 is 5.32 Å². The summed E-state index contributed by atoms with van der Waals surface area (Å²) in [6.07, 6.45) is 7.50. The molecule has 0 aliphatic rings. The highest BCUT2D eigenvalue weighted by Crippen LogP contribution is 2.33. The number of aryl methyl sites for hydroxylation is 1. The number of aromatic nitrogens is 1. The molecule has 0 spiro atoms. The number of alkyl carbamates (subject to hydrolysis) is 1. The van der Waals surface area contributed by atoms with Crippen molar-refractivity contribution in [2.24, 2.45) is 0 Å². The molecule has 0 radical (unpaired) electrons. The Balaban J connectivity index is 1.64. The Bertz CT molecular complexity index is 1640. The second-order valence-corrected chi connectivity index (χ2v) is 12.6. The molecular weight excluding hydrogens is 660 g/mol. The molecule has 0 bridgehead atoms. The number of nitrogens with one attached hydrogen (secondary N) is 1. The summed E-state index contributed by atoms with van der Waals surface area (Å²) in [6, 6.07) is 30.4. The summed E-state index contributed by atoms with van der Waals surface area (Å²) < 4.78 is 22.6. The van der Waals surface area contributed by atoms with Gasteiger partial charge in [0.2, 0.25) is 0 Å². The quantitative estimate of drug-likeness (QED) is 0.0497. The van der Waals surface area contributed by atoms with Gasteiger partial charge < -0.3 is 29.4 Å². The molecule has 10 nitrogen and oxygen atoms in total. The van der Waals surface area contributed by atoms with Gasteiger partial charge in [-0.2, -0.15) is 0 Å². The molecule has 0 saturated heterocycles. The van der Waals surface area contributed by atoms with Crippen LogP contribution in [-0.4, -0.2) is 41.0 Å². The number of carbonyl (C=O) groups excluding carboxylic acids is 3. The first kappa shape index (κ1) is 39.6. The van der Waals surface area contributed by atoms with E-state index in [1.165, 1.54) is 38.2 Å². The van der Waals surface area contributed by atoms with Gasteiger partial charge in [0.25, 0.3) is 5.60 Å². The average molecular weight is 711 g/mol. The van der Waals surface area contributed by atoms with Crippen molar-refractivity contribution in [3.63, 3.8) is 0 Å². The zero-order valence-corrected chi connectivity index (χ0v) is 29.9. The van der Waals surface area contributed by atoms with Gasteiger partial charge in [-0.3, -0.25) is 4.98 Å². The van der Waals surface area contributed by atoms with Crippen molar-refractivity contribution in [3.05, 3.63) is 137 Å². The number of carbonyl (C=O) groups is 3. The zero-order valence-electron chi connectivity index (χ0n) is 29.9. The predicted octanol–water partition coefficient (Wildman–Crippen LogP) is 8.34. The Morgan fingerprint density at radius 3 is 1.73 bits per heavy atom. The molecule has 2 unspecified atom stereocenters. The average Bonchev–Trinajstić information content (AvgIpc) is 3.19. The van der Waals surface area contributed by atoms with Crippen molar-refractivity contribution < 1.29 is 38.4 Å². The largest absolute Gasteiger partial charge is 0.510 e. The molecule has 1 amide bonds. The number of nitrogens with zero attached hydrogens (tertiary/aromatic N) is 1. The van der Waals surface area contributed by atoms with Gasteiger partial charge >= 0.3 is 18.2 Å². The van der Waals surface area contributed by atoms with Crippen molar-refractivity contribution >= 4 is 18.2 Å². The Morgan fingerprint density at radius 1 is 0.654 bits per heavy atom. The molecule has 2 atom stereocenters. The van der Waals surface area contributed by atoms with Gasteiger partial charge in [0, 0.05) is 5.69 Å². The third kappa shape index (κ3) is 12.5. The van der Waals surface area contributed by atoms with Crippen molar-refractivity contribution in [2.45, 2.75) is 96.2 Å². The molecule has 4 rings (SSSR count). The highest BCUT2D eigenvalue weighted by Gasteiger charge is 2.55. The topological polar surface area (TPSA) is 133 Å². The fourth-order valence-corrected chi connectivity index (χ4v) is 5.75. The van der Waals surface area contributed by atoms with E-state index in [0.717, 1.165) is 24.8 Å². The van der Waals surface area contributed by atoms with Crippen LogP contribution in [0.25, 0.3) is 0 Å². The summed E-state index contributed by atoms with van der Waals surface area (Å²) in [5.41, 5.74) is 0.211. The second-order valence-electron chi connectivity index (χ2n) is 12.6. The number of rotatable bonds is 21. The van der Waals surface area contributed by atoms with Crippen LogP contribution in [0.5, 0.6) is 0 Å². The Kier molecular flexibility index (Phi) is 16.6. The lowest BCUT2D eigenvalue weighted by Gasteiger charge is -2.36. The Labute approximate surface area is 306 Å². The maximum absolute atomic E-state index is 14.4. The van der Waals surface area contributed by atoms with Gasteiger partial charge in [-0.1, -0.05) is 149 Å². The van der Waals surface area contributed by atoms with Gasteiger partial charge in [0.05, 0.1) is 12.3 Å². The summed E-state index contributed by atoms with van der Waals surface area (Å²) in [5, 5.41) is 13.4. The van der Waals surface area contributed by atoms with Crippen LogP contribution in [0.1, 0.15) is 86.4 Å². The molecular formula is C42H50N2O8.